The Morgan fingerprint density at radius 3 is 2.70 bits per heavy atom. The molecule has 1 aliphatic heterocycles. The van der Waals surface area contributed by atoms with Gasteiger partial charge in [-0.15, -0.1) is 0 Å². The van der Waals surface area contributed by atoms with Crippen LogP contribution >= 0.6 is 24.0 Å². The molecule has 0 aromatic heterocycles. The SMILES string of the molecule is COc1ccc(/C=C2\SC(=S)NC2=O)cc1OC1CCCCC1. The Morgan fingerprint density at radius 2 is 2.04 bits per heavy atom. The summed E-state index contributed by atoms with van der Waals surface area (Å²) in [6, 6.07) is 5.71. The largest absolute Gasteiger partial charge is 0.493 e. The standard InChI is InChI=1S/C17H19NO3S2/c1-20-13-8-7-11(10-15-16(19)18-17(22)23-15)9-14(13)21-12-5-3-2-4-6-12/h7-10,12H,2-6H2,1H3,(H,18,19,22)/b15-10-. The lowest BCUT2D eigenvalue weighted by molar-refractivity contribution is -0.115. The summed E-state index contributed by atoms with van der Waals surface area (Å²) in [6.45, 7) is 0. The van der Waals surface area contributed by atoms with Crippen molar-refractivity contribution in [2.24, 2.45) is 0 Å². The van der Waals surface area contributed by atoms with Gasteiger partial charge in [0.1, 0.15) is 4.32 Å². The van der Waals surface area contributed by atoms with Gasteiger partial charge in [-0.05, 0) is 49.5 Å². The van der Waals surface area contributed by atoms with E-state index in [1.165, 1.54) is 31.0 Å². The van der Waals surface area contributed by atoms with E-state index in [0.29, 0.717) is 9.23 Å². The number of thioether (sulfide) groups is 1. The molecule has 0 radical (unpaired) electrons. The van der Waals surface area contributed by atoms with Gasteiger partial charge < -0.3 is 14.8 Å². The molecule has 2 fully saturated rings. The first-order valence-corrected chi connectivity index (χ1v) is 8.98. The zero-order valence-corrected chi connectivity index (χ0v) is 14.6. The fourth-order valence-corrected chi connectivity index (χ4v) is 3.85. The summed E-state index contributed by atoms with van der Waals surface area (Å²) < 4.78 is 12.0. The van der Waals surface area contributed by atoms with Gasteiger partial charge in [-0.2, -0.15) is 0 Å². The molecule has 1 heterocycles. The van der Waals surface area contributed by atoms with Gasteiger partial charge >= 0.3 is 0 Å². The number of ether oxygens (including phenoxy) is 2. The predicted molar refractivity (Wildman–Crippen MR) is 96.8 cm³/mol. The third-order valence-corrected chi connectivity index (χ3v) is 5.14. The van der Waals surface area contributed by atoms with E-state index in [1.807, 2.05) is 24.3 Å². The van der Waals surface area contributed by atoms with Crippen LogP contribution in [0.2, 0.25) is 0 Å². The zero-order chi connectivity index (χ0) is 16.2. The fourth-order valence-electron chi connectivity index (χ4n) is 2.81. The Labute approximate surface area is 145 Å². The van der Waals surface area contributed by atoms with Crippen LogP contribution < -0.4 is 14.8 Å². The number of rotatable bonds is 4. The number of carbonyl (C=O) groups excluding carboxylic acids is 1. The molecule has 1 aliphatic carbocycles. The molecule has 23 heavy (non-hydrogen) atoms. The van der Waals surface area contributed by atoms with Gasteiger partial charge in [0.15, 0.2) is 11.5 Å². The molecule has 1 aromatic rings. The second kappa shape index (κ2) is 7.36. The number of hydrogen-bond donors (Lipinski definition) is 1. The first kappa shape index (κ1) is 16.3. The van der Waals surface area contributed by atoms with Crippen molar-refractivity contribution in [3.63, 3.8) is 0 Å². The van der Waals surface area contributed by atoms with E-state index < -0.39 is 0 Å². The minimum absolute atomic E-state index is 0.148. The Kier molecular flexibility index (Phi) is 5.23. The molecule has 3 rings (SSSR count). The third kappa shape index (κ3) is 4.06. The monoisotopic (exact) mass is 349 g/mol. The van der Waals surface area contributed by atoms with Crippen molar-refractivity contribution < 1.29 is 14.3 Å². The molecule has 1 amide bonds. The summed E-state index contributed by atoms with van der Waals surface area (Å²) in [4.78, 5) is 12.4. The fraction of sp³-hybridized carbons (Fsp3) is 0.412. The molecule has 1 N–H and O–H groups in total. The average molecular weight is 349 g/mol. The van der Waals surface area contributed by atoms with Crippen LogP contribution in [0.3, 0.4) is 0 Å². The number of hydrogen-bond acceptors (Lipinski definition) is 5. The van der Waals surface area contributed by atoms with E-state index in [2.05, 4.69) is 5.32 Å². The van der Waals surface area contributed by atoms with Crippen LogP contribution in [-0.2, 0) is 4.79 Å². The molecule has 122 valence electrons. The van der Waals surface area contributed by atoms with Crippen LogP contribution in [0, 0.1) is 0 Å². The van der Waals surface area contributed by atoms with Gasteiger partial charge in [-0.3, -0.25) is 4.79 Å². The second-order valence-electron chi connectivity index (χ2n) is 5.64. The van der Waals surface area contributed by atoms with E-state index in [1.54, 1.807) is 7.11 Å². The maximum absolute atomic E-state index is 11.8. The predicted octanol–water partition coefficient (Wildman–Crippen LogP) is 3.90. The van der Waals surface area contributed by atoms with Crippen molar-refractivity contribution in [3.05, 3.63) is 28.7 Å². The topological polar surface area (TPSA) is 47.6 Å². The molecule has 2 aliphatic rings. The molecule has 1 aromatic carbocycles. The highest BCUT2D eigenvalue weighted by molar-refractivity contribution is 8.26. The van der Waals surface area contributed by atoms with Crippen molar-refractivity contribution in [1.29, 1.82) is 0 Å². The van der Waals surface area contributed by atoms with Crippen LogP contribution in [0.15, 0.2) is 23.1 Å². The molecule has 0 spiro atoms. The first-order valence-electron chi connectivity index (χ1n) is 7.75. The van der Waals surface area contributed by atoms with Gasteiger partial charge in [-0.1, -0.05) is 36.5 Å². The summed E-state index contributed by atoms with van der Waals surface area (Å²) in [6.07, 6.45) is 7.96. The molecule has 1 saturated heterocycles. The van der Waals surface area contributed by atoms with Crippen molar-refractivity contribution in [2.45, 2.75) is 38.2 Å². The molecular weight excluding hydrogens is 330 g/mol. The Hall–Kier alpha value is -1.53. The Balaban J connectivity index is 1.82. The van der Waals surface area contributed by atoms with E-state index in [0.717, 1.165) is 29.9 Å². The van der Waals surface area contributed by atoms with Crippen molar-refractivity contribution >= 4 is 40.3 Å². The minimum atomic E-state index is -0.148. The lowest BCUT2D eigenvalue weighted by atomic mass is 9.98. The zero-order valence-electron chi connectivity index (χ0n) is 13.0. The highest BCUT2D eigenvalue weighted by atomic mass is 32.2. The van der Waals surface area contributed by atoms with Crippen molar-refractivity contribution in [3.8, 4) is 11.5 Å². The summed E-state index contributed by atoms with van der Waals surface area (Å²) in [5.41, 5.74) is 0.902. The van der Waals surface area contributed by atoms with Gasteiger partial charge in [-0.25, -0.2) is 0 Å². The number of benzene rings is 1. The number of methoxy groups -OCH3 is 1. The molecule has 0 unspecified atom stereocenters. The van der Waals surface area contributed by atoms with Gasteiger partial charge in [0, 0.05) is 0 Å². The number of amides is 1. The third-order valence-electron chi connectivity index (χ3n) is 3.97. The Bertz CT molecular complexity index is 651. The first-order chi connectivity index (χ1) is 11.2. The highest BCUT2D eigenvalue weighted by Crippen LogP contribution is 2.34. The minimum Gasteiger partial charge on any atom is -0.493 e. The maximum Gasteiger partial charge on any atom is 0.263 e. The summed E-state index contributed by atoms with van der Waals surface area (Å²) in [5.74, 6) is 1.31. The average Bonchev–Trinajstić information content (AvgIpc) is 2.86. The van der Waals surface area contributed by atoms with Gasteiger partial charge in [0.05, 0.1) is 18.1 Å². The molecule has 6 heteroatoms. The number of nitrogens with one attached hydrogen (secondary N) is 1. The van der Waals surface area contributed by atoms with E-state index in [9.17, 15) is 4.79 Å². The maximum atomic E-state index is 11.8. The van der Waals surface area contributed by atoms with E-state index in [4.69, 9.17) is 21.7 Å². The Morgan fingerprint density at radius 1 is 1.26 bits per heavy atom. The molecule has 0 atom stereocenters. The molecule has 0 bridgehead atoms. The normalized spacial score (nSPS) is 20.7. The van der Waals surface area contributed by atoms with Crippen LogP contribution in [0.5, 0.6) is 11.5 Å². The molecular formula is C17H19NO3S2. The number of thiocarbonyl (C=S) groups is 1. The summed E-state index contributed by atoms with van der Waals surface area (Å²) in [5, 5.41) is 2.62. The summed E-state index contributed by atoms with van der Waals surface area (Å²) >= 11 is 6.29. The smallest absolute Gasteiger partial charge is 0.263 e. The van der Waals surface area contributed by atoms with E-state index >= 15 is 0 Å². The van der Waals surface area contributed by atoms with Crippen LogP contribution in [0.1, 0.15) is 37.7 Å². The number of carbonyl (C=O) groups is 1. The van der Waals surface area contributed by atoms with E-state index in [-0.39, 0.29) is 12.0 Å². The van der Waals surface area contributed by atoms with Gasteiger partial charge in [0.2, 0.25) is 0 Å². The van der Waals surface area contributed by atoms with Gasteiger partial charge in [0.25, 0.3) is 5.91 Å². The quantitative estimate of drug-likeness (QED) is 0.660. The van der Waals surface area contributed by atoms with Crippen LogP contribution in [0.4, 0.5) is 0 Å². The summed E-state index contributed by atoms with van der Waals surface area (Å²) in [7, 11) is 1.64. The lowest BCUT2D eigenvalue weighted by Crippen LogP contribution is -2.20. The lowest BCUT2D eigenvalue weighted by Gasteiger charge is -2.24. The highest BCUT2D eigenvalue weighted by Gasteiger charge is 2.22. The van der Waals surface area contributed by atoms with Crippen LogP contribution in [-0.4, -0.2) is 23.4 Å². The van der Waals surface area contributed by atoms with Crippen LogP contribution in [0.25, 0.3) is 6.08 Å². The van der Waals surface area contributed by atoms with Crippen molar-refractivity contribution in [2.75, 3.05) is 7.11 Å². The molecule has 1 saturated carbocycles. The second-order valence-corrected chi connectivity index (χ2v) is 7.36. The molecule has 4 nitrogen and oxygen atoms in total. The van der Waals surface area contributed by atoms with Crippen molar-refractivity contribution in [1.82, 2.24) is 5.32 Å².